The zero-order valence-electron chi connectivity index (χ0n) is 9.68. The molecule has 94 valence electrons. The van der Waals surface area contributed by atoms with Gasteiger partial charge in [0.05, 0.1) is 17.2 Å². The number of carbonyl (C=O) groups excluding carboxylic acids is 1. The maximum absolute atomic E-state index is 11.9. The Morgan fingerprint density at radius 2 is 2.41 bits per heavy atom. The molecule has 0 aliphatic rings. The third-order valence-corrected chi connectivity index (χ3v) is 3.90. The first-order chi connectivity index (χ1) is 8.10. The topological polar surface area (TPSA) is 62.2 Å². The molecule has 2 unspecified atom stereocenters. The van der Waals surface area contributed by atoms with E-state index in [2.05, 4.69) is 10.3 Å². The Hall–Kier alpha value is -0.780. The maximum atomic E-state index is 11.9. The number of halogens is 1. The lowest BCUT2D eigenvalue weighted by Crippen LogP contribution is -2.41. The molecule has 0 radical (unpaired) electrons. The van der Waals surface area contributed by atoms with Gasteiger partial charge >= 0.3 is 0 Å². The highest BCUT2D eigenvalue weighted by Gasteiger charge is 2.19. The second kappa shape index (κ2) is 6.83. The summed E-state index contributed by atoms with van der Waals surface area (Å²) in [7, 11) is 0. The molecule has 4 nitrogen and oxygen atoms in total. The van der Waals surface area contributed by atoms with E-state index >= 15 is 0 Å². The lowest BCUT2D eigenvalue weighted by molar-refractivity contribution is 0.0935. The number of rotatable bonds is 5. The van der Waals surface area contributed by atoms with Gasteiger partial charge in [-0.15, -0.1) is 0 Å². The summed E-state index contributed by atoms with van der Waals surface area (Å²) in [5.74, 6) is -0.275. The highest BCUT2D eigenvalue weighted by molar-refractivity contribution is 7.99. The average Bonchev–Trinajstić information content (AvgIpc) is 2.31. The summed E-state index contributed by atoms with van der Waals surface area (Å²) >= 11 is 7.40. The summed E-state index contributed by atoms with van der Waals surface area (Å²) in [5, 5.41) is 12.3. The van der Waals surface area contributed by atoms with Crippen LogP contribution in [-0.4, -0.2) is 40.2 Å². The van der Waals surface area contributed by atoms with Crippen molar-refractivity contribution in [3.8, 4) is 0 Å². The monoisotopic (exact) mass is 274 g/mol. The van der Waals surface area contributed by atoms with E-state index < -0.39 is 0 Å². The third kappa shape index (κ3) is 3.87. The van der Waals surface area contributed by atoms with Crippen molar-refractivity contribution in [3.05, 3.63) is 29.0 Å². The van der Waals surface area contributed by atoms with Crippen LogP contribution in [0.25, 0.3) is 0 Å². The molecule has 17 heavy (non-hydrogen) atoms. The predicted molar refractivity (Wildman–Crippen MR) is 70.6 cm³/mol. The molecular weight excluding hydrogens is 260 g/mol. The molecule has 1 amide bonds. The van der Waals surface area contributed by atoms with Crippen molar-refractivity contribution in [2.75, 3.05) is 12.9 Å². The van der Waals surface area contributed by atoms with Crippen molar-refractivity contribution in [2.45, 2.75) is 18.2 Å². The van der Waals surface area contributed by atoms with Gasteiger partial charge in [0.2, 0.25) is 0 Å². The Morgan fingerprint density at radius 1 is 1.71 bits per heavy atom. The normalized spacial score (nSPS) is 14.1. The van der Waals surface area contributed by atoms with Crippen LogP contribution in [-0.2, 0) is 0 Å². The van der Waals surface area contributed by atoms with Crippen LogP contribution >= 0.6 is 23.4 Å². The first-order valence-electron chi connectivity index (χ1n) is 5.14. The molecular formula is C11H15ClN2O2S. The second-order valence-electron chi connectivity index (χ2n) is 3.57. The average molecular weight is 275 g/mol. The van der Waals surface area contributed by atoms with E-state index in [4.69, 9.17) is 16.7 Å². The zero-order valence-corrected chi connectivity index (χ0v) is 11.3. The fraction of sp³-hybridized carbons (Fsp3) is 0.455. The smallest absolute Gasteiger partial charge is 0.254 e. The van der Waals surface area contributed by atoms with E-state index in [1.54, 1.807) is 6.07 Å². The largest absolute Gasteiger partial charge is 0.395 e. The Bertz CT molecular complexity index is 385. The number of nitrogens with zero attached hydrogens (tertiary/aromatic N) is 1. The van der Waals surface area contributed by atoms with Crippen LogP contribution in [0.5, 0.6) is 0 Å². The Morgan fingerprint density at radius 3 is 2.94 bits per heavy atom. The van der Waals surface area contributed by atoms with E-state index in [0.717, 1.165) is 0 Å². The number of aliphatic hydroxyl groups is 1. The molecule has 1 aromatic heterocycles. The van der Waals surface area contributed by atoms with Crippen molar-refractivity contribution in [3.63, 3.8) is 0 Å². The van der Waals surface area contributed by atoms with Crippen LogP contribution in [0.2, 0.25) is 5.02 Å². The molecule has 1 heterocycles. The van der Waals surface area contributed by atoms with E-state index in [9.17, 15) is 4.79 Å². The minimum atomic E-state index is -0.275. The van der Waals surface area contributed by atoms with Crippen LogP contribution < -0.4 is 5.32 Å². The number of pyridine rings is 1. The van der Waals surface area contributed by atoms with Crippen molar-refractivity contribution >= 4 is 29.3 Å². The van der Waals surface area contributed by atoms with Gasteiger partial charge in [0, 0.05) is 23.7 Å². The minimum Gasteiger partial charge on any atom is -0.395 e. The lowest BCUT2D eigenvalue weighted by atomic mass is 10.2. The van der Waals surface area contributed by atoms with Gasteiger partial charge < -0.3 is 10.4 Å². The second-order valence-corrected chi connectivity index (χ2v) is 5.06. The summed E-state index contributed by atoms with van der Waals surface area (Å²) < 4.78 is 0. The molecule has 2 atom stereocenters. The van der Waals surface area contributed by atoms with Crippen molar-refractivity contribution in [2.24, 2.45) is 0 Å². The summed E-state index contributed by atoms with van der Waals surface area (Å²) in [6.07, 6.45) is 4.85. The Balaban J connectivity index is 2.70. The quantitative estimate of drug-likeness (QED) is 0.856. The highest BCUT2D eigenvalue weighted by Crippen LogP contribution is 2.15. The van der Waals surface area contributed by atoms with Crippen molar-refractivity contribution < 1.29 is 9.90 Å². The number of hydrogen-bond acceptors (Lipinski definition) is 4. The van der Waals surface area contributed by atoms with Crippen LogP contribution in [0.15, 0.2) is 18.5 Å². The minimum absolute atomic E-state index is 0.0172. The summed E-state index contributed by atoms with van der Waals surface area (Å²) in [6, 6.07) is 1.43. The van der Waals surface area contributed by atoms with E-state index in [1.165, 1.54) is 24.2 Å². The van der Waals surface area contributed by atoms with E-state index in [1.807, 2.05) is 13.2 Å². The Kier molecular flexibility index (Phi) is 5.74. The molecule has 0 aliphatic carbocycles. The molecule has 0 saturated heterocycles. The number of amides is 1. The standard InChI is InChI=1S/C11H15ClN2O2S/c1-7(10(6-15)17-2)14-11(16)8-5-13-4-3-9(8)12/h3-5,7,10,15H,6H2,1-2H3,(H,14,16). The fourth-order valence-electron chi connectivity index (χ4n) is 1.36. The molecule has 0 saturated carbocycles. The molecule has 0 bridgehead atoms. The molecule has 0 aliphatic heterocycles. The number of hydrogen-bond donors (Lipinski definition) is 2. The van der Waals surface area contributed by atoms with Crippen LogP contribution in [0.4, 0.5) is 0 Å². The molecule has 0 aromatic carbocycles. The van der Waals surface area contributed by atoms with Gasteiger partial charge in [0.15, 0.2) is 0 Å². The Labute approximate surface area is 110 Å². The van der Waals surface area contributed by atoms with Crippen LogP contribution in [0.1, 0.15) is 17.3 Å². The first kappa shape index (κ1) is 14.3. The van der Waals surface area contributed by atoms with E-state index in [0.29, 0.717) is 10.6 Å². The van der Waals surface area contributed by atoms with Crippen LogP contribution in [0, 0.1) is 0 Å². The van der Waals surface area contributed by atoms with E-state index in [-0.39, 0.29) is 23.8 Å². The maximum Gasteiger partial charge on any atom is 0.254 e. The number of aliphatic hydroxyl groups excluding tert-OH is 1. The van der Waals surface area contributed by atoms with Crippen LogP contribution in [0.3, 0.4) is 0 Å². The molecule has 2 N–H and O–H groups in total. The zero-order chi connectivity index (χ0) is 12.8. The number of carbonyl (C=O) groups is 1. The first-order valence-corrected chi connectivity index (χ1v) is 6.80. The van der Waals surface area contributed by atoms with Gasteiger partial charge in [-0.1, -0.05) is 11.6 Å². The molecule has 1 aromatic rings. The van der Waals surface area contributed by atoms with Crippen molar-refractivity contribution in [1.29, 1.82) is 0 Å². The molecule has 1 rings (SSSR count). The number of aromatic nitrogens is 1. The lowest BCUT2D eigenvalue weighted by Gasteiger charge is -2.21. The fourth-order valence-corrected chi connectivity index (χ4v) is 2.18. The van der Waals surface area contributed by atoms with Gasteiger partial charge in [0.25, 0.3) is 5.91 Å². The van der Waals surface area contributed by atoms with Gasteiger partial charge in [-0.2, -0.15) is 11.8 Å². The summed E-state index contributed by atoms with van der Waals surface area (Å²) in [5.41, 5.74) is 0.346. The molecule has 0 fully saturated rings. The summed E-state index contributed by atoms with van der Waals surface area (Å²) in [4.78, 5) is 15.7. The number of thioether (sulfide) groups is 1. The predicted octanol–water partition coefficient (Wildman–Crippen LogP) is 1.58. The molecule has 0 spiro atoms. The SMILES string of the molecule is CSC(CO)C(C)NC(=O)c1cnccc1Cl. The molecule has 6 heteroatoms. The van der Waals surface area contributed by atoms with Gasteiger partial charge in [-0.3, -0.25) is 9.78 Å². The van der Waals surface area contributed by atoms with Gasteiger partial charge in [0.1, 0.15) is 0 Å². The number of nitrogens with one attached hydrogen (secondary N) is 1. The highest BCUT2D eigenvalue weighted by atomic mass is 35.5. The van der Waals surface area contributed by atoms with Gasteiger partial charge in [-0.05, 0) is 19.2 Å². The van der Waals surface area contributed by atoms with Crippen molar-refractivity contribution in [1.82, 2.24) is 10.3 Å². The summed E-state index contributed by atoms with van der Waals surface area (Å²) in [6.45, 7) is 1.86. The third-order valence-electron chi connectivity index (χ3n) is 2.41. The van der Waals surface area contributed by atoms with Gasteiger partial charge in [-0.25, -0.2) is 0 Å².